The van der Waals surface area contributed by atoms with Gasteiger partial charge in [0.15, 0.2) is 0 Å². The second kappa shape index (κ2) is 8.68. The number of rotatable bonds is 3. The van der Waals surface area contributed by atoms with Gasteiger partial charge in [0.05, 0.1) is 0 Å². The Kier molecular flexibility index (Phi) is 5.71. The summed E-state index contributed by atoms with van der Waals surface area (Å²) in [6.07, 6.45) is 2.15. The first-order chi connectivity index (χ1) is 15.9. The molecule has 0 radical (unpaired) electrons. The molecule has 5 rings (SSSR count). The molecule has 0 unspecified atom stereocenters. The third-order valence-corrected chi connectivity index (χ3v) is 7.25. The van der Waals surface area contributed by atoms with E-state index in [1.54, 1.807) is 0 Å². The summed E-state index contributed by atoms with van der Waals surface area (Å²) in [7, 11) is 0. The fraction of sp³-hybridized carbons (Fsp3) is 0.345. The van der Waals surface area contributed by atoms with Gasteiger partial charge in [-0.25, -0.2) is 4.79 Å². The summed E-state index contributed by atoms with van der Waals surface area (Å²) in [4.78, 5) is 17.8. The second-order valence-electron chi connectivity index (χ2n) is 9.96. The molecule has 3 aromatic rings. The third kappa shape index (κ3) is 4.40. The number of nitrogens with zero attached hydrogens (tertiary/aromatic N) is 2. The van der Waals surface area contributed by atoms with Crippen molar-refractivity contribution < 1.29 is 4.79 Å². The molecule has 1 fully saturated rings. The Balaban J connectivity index is 1.34. The molecular formula is C29H33N3O. The Hall–Kier alpha value is -3.11. The monoisotopic (exact) mass is 439 g/mol. The van der Waals surface area contributed by atoms with Crippen LogP contribution in [0.15, 0.2) is 66.7 Å². The molecule has 0 aromatic heterocycles. The summed E-state index contributed by atoms with van der Waals surface area (Å²) in [6, 6.07) is 23.1. The van der Waals surface area contributed by atoms with Crippen LogP contribution in [-0.2, 0) is 12.0 Å². The Bertz CT molecular complexity index is 1140. The van der Waals surface area contributed by atoms with Crippen molar-refractivity contribution in [3.05, 3.63) is 94.5 Å². The lowest BCUT2D eigenvalue weighted by molar-refractivity contribution is 0.160. The normalized spacial score (nSPS) is 17.2. The van der Waals surface area contributed by atoms with Crippen LogP contribution in [0.1, 0.15) is 40.7 Å². The zero-order valence-electron chi connectivity index (χ0n) is 19.9. The minimum absolute atomic E-state index is 0.0361. The van der Waals surface area contributed by atoms with Gasteiger partial charge in [-0.1, -0.05) is 65.2 Å². The van der Waals surface area contributed by atoms with Crippen molar-refractivity contribution in [1.82, 2.24) is 4.90 Å². The maximum atomic E-state index is 13.3. The predicted molar refractivity (Wildman–Crippen MR) is 136 cm³/mol. The predicted octanol–water partition coefficient (Wildman–Crippen LogP) is 6.20. The number of hydrogen-bond donors (Lipinski definition) is 1. The molecule has 2 aliphatic rings. The number of benzene rings is 3. The third-order valence-electron chi connectivity index (χ3n) is 7.25. The lowest BCUT2D eigenvalue weighted by Crippen LogP contribution is -2.46. The quantitative estimate of drug-likeness (QED) is 0.527. The first-order valence-corrected chi connectivity index (χ1v) is 12.0. The van der Waals surface area contributed by atoms with Crippen LogP contribution in [0.3, 0.4) is 0 Å². The van der Waals surface area contributed by atoms with Crippen molar-refractivity contribution in [2.75, 3.05) is 29.9 Å². The molecule has 33 heavy (non-hydrogen) atoms. The highest BCUT2D eigenvalue weighted by molar-refractivity contribution is 6.03. The molecule has 170 valence electrons. The molecule has 0 bridgehead atoms. The summed E-state index contributed by atoms with van der Waals surface area (Å²) in [5.41, 5.74) is 8.60. The number of carbonyl (C=O) groups excluding carboxylic acids is 1. The Morgan fingerprint density at radius 3 is 2.27 bits per heavy atom. The smallest absolute Gasteiger partial charge is 0.308 e. The van der Waals surface area contributed by atoms with Crippen molar-refractivity contribution in [2.24, 2.45) is 0 Å². The van der Waals surface area contributed by atoms with E-state index in [0.717, 1.165) is 50.4 Å². The molecule has 4 heteroatoms. The van der Waals surface area contributed by atoms with Gasteiger partial charge in [0.25, 0.3) is 0 Å². The Morgan fingerprint density at radius 2 is 1.58 bits per heavy atom. The second-order valence-corrected chi connectivity index (χ2v) is 9.96. The number of para-hydroxylation sites is 1. The number of piperidine rings is 1. The van der Waals surface area contributed by atoms with Crippen LogP contribution in [0, 0.1) is 20.8 Å². The fourth-order valence-corrected chi connectivity index (χ4v) is 5.66. The molecule has 0 atom stereocenters. The molecule has 1 spiro atoms. The van der Waals surface area contributed by atoms with Gasteiger partial charge in [0.2, 0.25) is 0 Å². The molecule has 0 aliphatic carbocycles. The standard InChI is InChI=1S/C29H33N3O/c1-21-9-10-27-26(18-21)29(20-32(27)28(33)30-25-7-5-4-6-8-25)11-13-31(14-12-29)19-24-16-22(2)15-23(3)17-24/h4-10,15-18H,11-14,19-20H2,1-3H3,(H,30,33). The van der Waals surface area contributed by atoms with Crippen LogP contribution >= 0.6 is 0 Å². The summed E-state index contributed by atoms with van der Waals surface area (Å²) >= 11 is 0. The molecule has 0 saturated carbocycles. The highest BCUT2D eigenvalue weighted by Crippen LogP contribution is 2.47. The number of amides is 2. The molecule has 2 aliphatic heterocycles. The van der Waals surface area contributed by atoms with Gasteiger partial charge in [-0.3, -0.25) is 9.80 Å². The molecule has 1 saturated heterocycles. The molecule has 1 N–H and O–H groups in total. The average Bonchev–Trinajstić information content (AvgIpc) is 3.09. The van der Waals surface area contributed by atoms with Crippen molar-refractivity contribution in [2.45, 2.75) is 45.6 Å². The topological polar surface area (TPSA) is 35.6 Å². The van der Waals surface area contributed by atoms with Gasteiger partial charge in [-0.15, -0.1) is 0 Å². The van der Waals surface area contributed by atoms with Gasteiger partial charge in [-0.05, 0) is 76.0 Å². The summed E-state index contributed by atoms with van der Waals surface area (Å²) in [6.45, 7) is 10.3. The summed E-state index contributed by atoms with van der Waals surface area (Å²) < 4.78 is 0. The zero-order valence-corrected chi connectivity index (χ0v) is 19.9. The van der Waals surface area contributed by atoms with Gasteiger partial charge < -0.3 is 5.32 Å². The SMILES string of the molecule is Cc1cc(C)cc(CN2CCC3(CC2)CN(C(=O)Nc2ccccc2)c2ccc(C)cc23)c1. The van der Waals surface area contributed by atoms with Crippen molar-refractivity contribution >= 4 is 17.4 Å². The maximum absolute atomic E-state index is 13.3. The Morgan fingerprint density at radius 1 is 0.879 bits per heavy atom. The minimum atomic E-state index is -0.0409. The van der Waals surface area contributed by atoms with Gasteiger partial charge >= 0.3 is 6.03 Å². The lowest BCUT2D eigenvalue weighted by atomic mass is 9.74. The average molecular weight is 440 g/mol. The van der Waals surface area contributed by atoms with E-state index in [-0.39, 0.29) is 11.4 Å². The minimum Gasteiger partial charge on any atom is -0.308 e. The number of nitrogens with one attached hydrogen (secondary N) is 1. The summed E-state index contributed by atoms with van der Waals surface area (Å²) in [5.74, 6) is 0. The van der Waals surface area contributed by atoms with E-state index in [2.05, 4.69) is 67.4 Å². The van der Waals surface area contributed by atoms with E-state index in [4.69, 9.17) is 0 Å². The number of urea groups is 1. The largest absolute Gasteiger partial charge is 0.326 e. The molecule has 2 amide bonds. The first kappa shape index (κ1) is 21.7. The zero-order chi connectivity index (χ0) is 23.0. The van der Waals surface area contributed by atoms with E-state index in [9.17, 15) is 4.79 Å². The van der Waals surface area contributed by atoms with Gasteiger partial charge in [-0.2, -0.15) is 0 Å². The van der Waals surface area contributed by atoms with Crippen LogP contribution in [0.25, 0.3) is 0 Å². The Labute approximate surface area is 197 Å². The molecule has 4 nitrogen and oxygen atoms in total. The van der Waals surface area contributed by atoms with Crippen LogP contribution in [0.5, 0.6) is 0 Å². The molecule has 2 heterocycles. The van der Waals surface area contributed by atoms with E-state index in [0.29, 0.717) is 0 Å². The van der Waals surface area contributed by atoms with E-state index in [1.165, 1.54) is 27.8 Å². The number of aryl methyl sites for hydroxylation is 3. The van der Waals surface area contributed by atoms with E-state index in [1.807, 2.05) is 35.2 Å². The number of likely N-dealkylation sites (tertiary alicyclic amines) is 1. The molecular weight excluding hydrogens is 406 g/mol. The van der Waals surface area contributed by atoms with Gasteiger partial charge in [0.1, 0.15) is 0 Å². The lowest BCUT2D eigenvalue weighted by Gasteiger charge is -2.40. The molecule has 3 aromatic carbocycles. The van der Waals surface area contributed by atoms with Crippen LogP contribution in [-0.4, -0.2) is 30.6 Å². The highest BCUT2D eigenvalue weighted by atomic mass is 16.2. The number of anilines is 2. The summed E-state index contributed by atoms with van der Waals surface area (Å²) in [5, 5.41) is 3.09. The number of fused-ring (bicyclic) bond motifs is 2. The maximum Gasteiger partial charge on any atom is 0.326 e. The first-order valence-electron chi connectivity index (χ1n) is 12.0. The number of hydrogen-bond acceptors (Lipinski definition) is 2. The van der Waals surface area contributed by atoms with Crippen molar-refractivity contribution in [1.29, 1.82) is 0 Å². The number of carbonyl (C=O) groups is 1. The van der Waals surface area contributed by atoms with Crippen molar-refractivity contribution in [3.8, 4) is 0 Å². The van der Waals surface area contributed by atoms with Crippen LogP contribution < -0.4 is 10.2 Å². The fourth-order valence-electron chi connectivity index (χ4n) is 5.66. The van der Waals surface area contributed by atoms with E-state index < -0.39 is 0 Å². The van der Waals surface area contributed by atoms with E-state index >= 15 is 0 Å². The highest BCUT2D eigenvalue weighted by Gasteiger charge is 2.46. The van der Waals surface area contributed by atoms with Crippen LogP contribution in [0.2, 0.25) is 0 Å². The van der Waals surface area contributed by atoms with Crippen molar-refractivity contribution in [3.63, 3.8) is 0 Å². The van der Waals surface area contributed by atoms with Gasteiger partial charge in [0, 0.05) is 29.9 Å². The van der Waals surface area contributed by atoms with Crippen LogP contribution in [0.4, 0.5) is 16.2 Å².